The molecule has 178 valence electrons. The van der Waals surface area contributed by atoms with Crippen molar-refractivity contribution in [2.75, 3.05) is 4.90 Å². The van der Waals surface area contributed by atoms with Gasteiger partial charge in [-0.3, -0.25) is 4.90 Å². The van der Waals surface area contributed by atoms with Crippen LogP contribution in [0.2, 0.25) is 0 Å². The molecule has 0 saturated carbocycles. The second-order valence-corrected chi connectivity index (χ2v) is 9.49. The second-order valence-electron chi connectivity index (χ2n) is 9.49. The Kier molecular flexibility index (Phi) is 4.49. The van der Waals surface area contributed by atoms with Crippen LogP contribution in [0.25, 0.3) is 61.3 Å². The molecule has 0 radical (unpaired) electrons. The zero-order chi connectivity index (χ0) is 25.1. The van der Waals surface area contributed by atoms with Gasteiger partial charge in [-0.2, -0.15) is 0 Å². The van der Waals surface area contributed by atoms with Gasteiger partial charge in [0.05, 0.1) is 17.1 Å². The van der Waals surface area contributed by atoms with Gasteiger partial charge in [-0.05, 0) is 41.3 Å². The molecule has 0 amide bonds. The molecular weight excluding hydrogens is 466 g/mol. The van der Waals surface area contributed by atoms with Gasteiger partial charge in [-0.15, -0.1) is 0 Å². The van der Waals surface area contributed by atoms with Crippen molar-refractivity contribution in [2.45, 2.75) is 0 Å². The van der Waals surface area contributed by atoms with Crippen molar-refractivity contribution in [2.24, 2.45) is 0 Å². The van der Waals surface area contributed by atoms with Gasteiger partial charge in [0, 0.05) is 33.5 Å². The quantitative estimate of drug-likeness (QED) is 0.249. The maximum Gasteiger partial charge on any atom is 0.235 e. The monoisotopic (exact) mass is 487 g/mol. The molecule has 0 aliphatic carbocycles. The van der Waals surface area contributed by atoms with Crippen LogP contribution >= 0.6 is 0 Å². The van der Waals surface area contributed by atoms with Crippen molar-refractivity contribution >= 4 is 50.4 Å². The first-order valence-electron chi connectivity index (χ1n) is 12.7. The topological polar surface area (TPSA) is 42.2 Å². The molecule has 38 heavy (non-hydrogen) atoms. The second kappa shape index (κ2) is 8.15. The van der Waals surface area contributed by atoms with Crippen molar-refractivity contribution in [3.05, 3.63) is 127 Å². The number of nitrogens with zero attached hydrogens (tertiary/aromatic N) is 3. The Morgan fingerprint density at radius 3 is 2.00 bits per heavy atom. The third kappa shape index (κ3) is 3.17. The minimum Gasteiger partial charge on any atom is -0.456 e. The maximum atomic E-state index is 6.24. The molecular formula is C34H21N3O. The summed E-state index contributed by atoms with van der Waals surface area (Å²) in [6.07, 6.45) is 4.25. The first kappa shape index (κ1) is 20.9. The number of benzene rings is 5. The van der Waals surface area contributed by atoms with Gasteiger partial charge in [0.15, 0.2) is 0 Å². The Bertz CT molecular complexity index is 1970. The van der Waals surface area contributed by atoms with E-state index in [0.29, 0.717) is 5.95 Å². The molecule has 4 nitrogen and oxygen atoms in total. The summed E-state index contributed by atoms with van der Waals surface area (Å²) in [5, 5.41) is 4.56. The highest BCUT2D eigenvalue weighted by atomic mass is 16.3. The number of hydrogen-bond donors (Lipinski definition) is 0. The molecule has 0 atom stereocenters. The molecule has 0 N–H and O–H groups in total. The van der Waals surface area contributed by atoms with E-state index in [1.54, 1.807) is 0 Å². The van der Waals surface area contributed by atoms with Crippen molar-refractivity contribution in [3.63, 3.8) is 0 Å². The fourth-order valence-electron chi connectivity index (χ4n) is 5.51. The molecule has 0 fully saturated rings. The van der Waals surface area contributed by atoms with Crippen LogP contribution in [-0.2, 0) is 0 Å². The van der Waals surface area contributed by atoms with E-state index in [4.69, 9.17) is 14.4 Å². The summed E-state index contributed by atoms with van der Waals surface area (Å²) in [5.74, 6) is 0.636. The first-order chi connectivity index (χ1) is 18.8. The van der Waals surface area contributed by atoms with Crippen LogP contribution in [-0.4, -0.2) is 9.97 Å². The lowest BCUT2D eigenvalue weighted by Gasteiger charge is -2.26. The molecule has 1 aliphatic heterocycles. The molecule has 8 rings (SSSR count). The number of furan rings is 1. The average Bonchev–Trinajstić information content (AvgIpc) is 3.36. The summed E-state index contributed by atoms with van der Waals surface area (Å²) in [7, 11) is 0. The van der Waals surface area contributed by atoms with Crippen molar-refractivity contribution in [1.82, 2.24) is 9.97 Å². The van der Waals surface area contributed by atoms with Crippen LogP contribution in [0.3, 0.4) is 0 Å². The van der Waals surface area contributed by atoms with Crippen LogP contribution < -0.4 is 4.90 Å². The Morgan fingerprint density at radius 2 is 1.26 bits per heavy atom. The summed E-state index contributed by atoms with van der Waals surface area (Å²) < 4.78 is 6.24. The van der Waals surface area contributed by atoms with Crippen LogP contribution in [0, 0.1) is 0 Å². The first-order valence-corrected chi connectivity index (χ1v) is 12.7. The Labute approximate surface area is 219 Å². The van der Waals surface area contributed by atoms with Gasteiger partial charge in [-0.1, -0.05) is 91.0 Å². The minimum atomic E-state index is 0.636. The zero-order valence-corrected chi connectivity index (χ0v) is 20.4. The number of aromatic nitrogens is 2. The molecule has 5 aromatic carbocycles. The number of anilines is 2. The fraction of sp³-hybridized carbons (Fsp3) is 0. The van der Waals surface area contributed by atoms with E-state index in [1.165, 1.54) is 5.39 Å². The van der Waals surface area contributed by atoms with Gasteiger partial charge in [0.25, 0.3) is 0 Å². The van der Waals surface area contributed by atoms with Crippen LogP contribution in [0.1, 0.15) is 5.56 Å². The summed E-state index contributed by atoms with van der Waals surface area (Å²) >= 11 is 0. The Hall–Kier alpha value is -5.22. The molecule has 4 heteroatoms. The Morgan fingerprint density at radius 1 is 0.579 bits per heavy atom. The van der Waals surface area contributed by atoms with Gasteiger partial charge in [-0.25, -0.2) is 9.97 Å². The van der Waals surface area contributed by atoms with E-state index >= 15 is 0 Å². The standard InChI is InChI=1S/C34H21N3O/c1-3-10-22(11-4-1)27-21-28(23-12-5-2-6-13-23)36-34(35-27)37-19-18-26-32-24(14-9-16-29(32)37)20-31-33(26)25-15-7-8-17-30(25)38-31/h1-21H. The summed E-state index contributed by atoms with van der Waals surface area (Å²) in [4.78, 5) is 12.2. The third-order valence-corrected chi connectivity index (χ3v) is 7.24. The van der Waals surface area contributed by atoms with Crippen molar-refractivity contribution in [3.8, 4) is 22.5 Å². The van der Waals surface area contributed by atoms with E-state index < -0.39 is 0 Å². The molecule has 0 bridgehead atoms. The summed E-state index contributed by atoms with van der Waals surface area (Å²) in [6.45, 7) is 0. The molecule has 0 unspecified atom stereocenters. The van der Waals surface area contributed by atoms with E-state index in [0.717, 1.165) is 61.1 Å². The number of para-hydroxylation sites is 1. The van der Waals surface area contributed by atoms with Gasteiger partial charge >= 0.3 is 0 Å². The van der Waals surface area contributed by atoms with Crippen LogP contribution in [0.5, 0.6) is 0 Å². The Balaban J connectivity index is 1.38. The molecule has 3 heterocycles. The van der Waals surface area contributed by atoms with E-state index in [2.05, 4.69) is 83.9 Å². The summed E-state index contributed by atoms with van der Waals surface area (Å²) in [5.41, 5.74) is 7.90. The lowest BCUT2D eigenvalue weighted by molar-refractivity contribution is 0.669. The highest BCUT2D eigenvalue weighted by Crippen LogP contribution is 2.44. The zero-order valence-electron chi connectivity index (χ0n) is 20.4. The molecule has 1 aliphatic rings. The van der Waals surface area contributed by atoms with E-state index in [9.17, 15) is 0 Å². The highest BCUT2D eigenvalue weighted by Gasteiger charge is 2.23. The third-order valence-electron chi connectivity index (χ3n) is 7.24. The minimum absolute atomic E-state index is 0.636. The molecule has 0 spiro atoms. The average molecular weight is 488 g/mol. The number of fused-ring (bicyclic) bond motifs is 4. The smallest absolute Gasteiger partial charge is 0.235 e. The van der Waals surface area contributed by atoms with E-state index in [-0.39, 0.29) is 0 Å². The van der Waals surface area contributed by atoms with Gasteiger partial charge < -0.3 is 4.42 Å². The highest BCUT2D eigenvalue weighted by molar-refractivity contribution is 6.19. The lowest BCUT2D eigenvalue weighted by atomic mass is 9.95. The van der Waals surface area contributed by atoms with Crippen molar-refractivity contribution in [1.29, 1.82) is 0 Å². The summed E-state index contributed by atoms with van der Waals surface area (Å²) in [6, 6.07) is 39.4. The molecule has 0 saturated heterocycles. The van der Waals surface area contributed by atoms with Crippen LogP contribution in [0.4, 0.5) is 11.6 Å². The predicted octanol–water partition coefficient (Wildman–Crippen LogP) is 8.99. The fourth-order valence-corrected chi connectivity index (χ4v) is 5.51. The van der Waals surface area contributed by atoms with Crippen LogP contribution in [0.15, 0.2) is 126 Å². The normalized spacial score (nSPS) is 12.6. The van der Waals surface area contributed by atoms with Gasteiger partial charge in [0.1, 0.15) is 11.2 Å². The SMILES string of the molecule is C1=CN(c2nc(-c3ccccc3)cc(-c3ccccc3)n2)c2cccc3cc4oc5ccccc5c4c1c23. The lowest BCUT2D eigenvalue weighted by Crippen LogP contribution is -2.15. The number of rotatable bonds is 3. The predicted molar refractivity (Wildman–Crippen MR) is 155 cm³/mol. The van der Waals surface area contributed by atoms with E-state index in [1.807, 2.05) is 48.5 Å². The maximum absolute atomic E-state index is 6.24. The van der Waals surface area contributed by atoms with Crippen molar-refractivity contribution < 1.29 is 4.42 Å². The molecule has 2 aromatic heterocycles. The number of hydrogen-bond acceptors (Lipinski definition) is 4. The largest absolute Gasteiger partial charge is 0.456 e. The van der Waals surface area contributed by atoms with Gasteiger partial charge in [0.2, 0.25) is 5.95 Å². The molecule has 7 aromatic rings.